The highest BCUT2D eigenvalue weighted by atomic mass is 32.2. The lowest BCUT2D eigenvalue weighted by molar-refractivity contribution is -0.147. The largest absolute Gasteiger partial charge is 0.466 e. The van der Waals surface area contributed by atoms with Crippen molar-refractivity contribution in [2.24, 2.45) is 11.3 Å². The number of rotatable bonds is 15. The Bertz CT molecular complexity index is 991. The van der Waals surface area contributed by atoms with Crippen molar-refractivity contribution >= 4 is 27.5 Å². The van der Waals surface area contributed by atoms with Gasteiger partial charge in [-0.2, -0.15) is 0 Å². The number of nitrogens with one attached hydrogen (secondary N) is 2. The van der Waals surface area contributed by atoms with Crippen molar-refractivity contribution in [3.8, 4) is 0 Å². The van der Waals surface area contributed by atoms with Crippen LogP contribution in [0.2, 0.25) is 0 Å². The number of aliphatic hydroxyl groups is 1. The Kier molecular flexibility index (Phi) is 11.5. The fourth-order valence-electron chi connectivity index (χ4n) is 3.95. The number of hydrogen-bond acceptors (Lipinski definition) is 8. The Hall–Kier alpha value is -2.30. The maximum absolute atomic E-state index is 13.1. The number of sulfone groups is 1. The van der Waals surface area contributed by atoms with Crippen molar-refractivity contribution in [2.45, 2.75) is 59.3 Å². The number of aliphatic hydroxyl groups excluding tert-OH is 1. The van der Waals surface area contributed by atoms with Gasteiger partial charge in [-0.1, -0.05) is 45.0 Å². The first-order valence-electron chi connectivity index (χ1n) is 11.8. The summed E-state index contributed by atoms with van der Waals surface area (Å²) in [4.78, 5) is 38.2. The monoisotopic (exact) mass is 512 g/mol. The Morgan fingerprint density at radius 3 is 2.40 bits per heavy atom. The third-order valence-electron chi connectivity index (χ3n) is 6.12. The summed E-state index contributed by atoms with van der Waals surface area (Å²) in [7, 11) is -2.03. The predicted octanol–water partition coefficient (Wildman–Crippen LogP) is 1.72. The number of esters is 1. The van der Waals surface area contributed by atoms with Crippen LogP contribution in [0.25, 0.3) is 0 Å². The lowest BCUT2D eigenvalue weighted by Crippen LogP contribution is -2.47. The molecule has 0 bridgehead atoms. The summed E-state index contributed by atoms with van der Waals surface area (Å²) < 4.78 is 29.4. The summed E-state index contributed by atoms with van der Waals surface area (Å²) in [5.41, 5.74) is 4.51. The Morgan fingerprint density at radius 1 is 1.17 bits per heavy atom. The minimum absolute atomic E-state index is 0.0151. The topological polar surface area (TPSA) is 139 Å². The molecular weight excluding hydrogens is 472 g/mol. The van der Waals surface area contributed by atoms with E-state index in [0.717, 1.165) is 5.56 Å². The number of hydrogen-bond donors (Lipinski definition) is 3. The fourth-order valence-corrected chi connectivity index (χ4v) is 5.63. The number of ether oxygens (including phenoxy) is 1. The molecule has 1 amide bonds. The van der Waals surface area contributed by atoms with Gasteiger partial charge in [0, 0.05) is 18.9 Å². The molecule has 2 atom stereocenters. The molecule has 198 valence electrons. The molecule has 0 aliphatic rings. The van der Waals surface area contributed by atoms with Gasteiger partial charge in [0.25, 0.3) is 0 Å². The number of Topliss-reactive ketones (excluding diaryl/α,β-unsaturated/α-hetero) is 1. The molecule has 35 heavy (non-hydrogen) atoms. The molecule has 1 aromatic rings. The SMILES string of the molecule is CCOC(=O)C(C)Cc1cccc(C(C)(CCC(=O)C(C)(C)CS(=O)(=O)CCO)C(=O)NNC)c1. The summed E-state index contributed by atoms with van der Waals surface area (Å²) in [5, 5.41) is 8.98. The van der Waals surface area contributed by atoms with Crippen LogP contribution in [0.3, 0.4) is 0 Å². The summed E-state index contributed by atoms with van der Waals surface area (Å²) in [6.45, 7) is 8.19. The van der Waals surface area contributed by atoms with Gasteiger partial charge in [0.1, 0.15) is 5.78 Å². The van der Waals surface area contributed by atoms with E-state index in [1.807, 2.05) is 12.1 Å². The quantitative estimate of drug-likeness (QED) is 0.238. The van der Waals surface area contributed by atoms with Gasteiger partial charge in [-0.3, -0.25) is 19.8 Å². The van der Waals surface area contributed by atoms with E-state index < -0.39 is 33.0 Å². The van der Waals surface area contributed by atoms with Gasteiger partial charge in [0.2, 0.25) is 5.91 Å². The lowest BCUT2D eigenvalue weighted by atomic mass is 9.74. The van der Waals surface area contributed by atoms with Gasteiger partial charge in [-0.15, -0.1) is 0 Å². The van der Waals surface area contributed by atoms with Gasteiger partial charge in [0.15, 0.2) is 9.84 Å². The lowest BCUT2D eigenvalue weighted by Gasteiger charge is -2.31. The van der Waals surface area contributed by atoms with Crippen molar-refractivity contribution in [3.63, 3.8) is 0 Å². The minimum atomic E-state index is -3.59. The second-order valence-electron chi connectivity index (χ2n) is 9.72. The Balaban J connectivity index is 3.17. The van der Waals surface area contributed by atoms with Gasteiger partial charge >= 0.3 is 5.97 Å². The molecule has 0 saturated heterocycles. The van der Waals surface area contributed by atoms with Gasteiger partial charge in [0.05, 0.1) is 36.1 Å². The summed E-state index contributed by atoms with van der Waals surface area (Å²) in [6.07, 6.45) is 0.573. The molecule has 3 N–H and O–H groups in total. The molecule has 0 spiro atoms. The van der Waals surface area contributed by atoms with Crippen molar-refractivity contribution in [3.05, 3.63) is 35.4 Å². The number of ketones is 1. The molecule has 0 aliphatic carbocycles. The normalized spacial score (nSPS) is 14.6. The van der Waals surface area contributed by atoms with Crippen molar-refractivity contribution in [1.82, 2.24) is 10.9 Å². The molecule has 0 fully saturated rings. The highest BCUT2D eigenvalue weighted by molar-refractivity contribution is 7.91. The second-order valence-corrected chi connectivity index (χ2v) is 11.9. The average Bonchev–Trinajstić information content (AvgIpc) is 2.76. The standard InChI is InChI=1S/C25H40N2O7S/c1-7-34-22(30)18(2)15-19-9-8-10-20(16-19)25(5,23(31)27-26-6)12-11-21(29)24(3,4)17-35(32,33)14-13-28/h8-10,16,18,26,28H,7,11-15,17H2,1-6H3,(H,27,31). The molecule has 9 nitrogen and oxygen atoms in total. The van der Waals surface area contributed by atoms with E-state index in [4.69, 9.17) is 9.84 Å². The first-order chi connectivity index (χ1) is 16.2. The fraction of sp³-hybridized carbons (Fsp3) is 0.640. The molecule has 0 heterocycles. The minimum Gasteiger partial charge on any atom is -0.466 e. The van der Waals surface area contributed by atoms with Crippen LogP contribution in [-0.4, -0.2) is 63.0 Å². The summed E-state index contributed by atoms with van der Waals surface area (Å²) >= 11 is 0. The summed E-state index contributed by atoms with van der Waals surface area (Å²) in [6, 6.07) is 7.33. The van der Waals surface area contributed by atoms with Crippen LogP contribution in [0.15, 0.2) is 24.3 Å². The van der Waals surface area contributed by atoms with E-state index in [0.29, 0.717) is 18.6 Å². The zero-order valence-electron chi connectivity index (χ0n) is 21.6. The smallest absolute Gasteiger partial charge is 0.308 e. The molecule has 2 unspecified atom stereocenters. The van der Waals surface area contributed by atoms with Crippen molar-refractivity contribution in [2.75, 3.05) is 31.8 Å². The zero-order chi connectivity index (χ0) is 26.9. The van der Waals surface area contributed by atoms with E-state index in [9.17, 15) is 22.8 Å². The van der Waals surface area contributed by atoms with E-state index in [1.54, 1.807) is 53.8 Å². The van der Waals surface area contributed by atoms with Crippen LogP contribution in [0.1, 0.15) is 58.6 Å². The maximum Gasteiger partial charge on any atom is 0.308 e. The van der Waals surface area contributed by atoms with E-state index in [2.05, 4.69) is 10.9 Å². The molecule has 0 radical (unpaired) electrons. The van der Waals surface area contributed by atoms with Crippen LogP contribution < -0.4 is 10.9 Å². The average molecular weight is 513 g/mol. The van der Waals surface area contributed by atoms with Gasteiger partial charge < -0.3 is 9.84 Å². The molecule has 0 aromatic heterocycles. The third-order valence-corrected chi connectivity index (χ3v) is 8.09. The Labute approximate surface area is 208 Å². The first kappa shape index (κ1) is 30.7. The number of carbonyl (C=O) groups excluding carboxylic acids is 3. The van der Waals surface area contributed by atoms with Crippen LogP contribution in [0.4, 0.5) is 0 Å². The Morgan fingerprint density at radius 2 is 1.83 bits per heavy atom. The van der Waals surface area contributed by atoms with Crippen LogP contribution >= 0.6 is 0 Å². The second kappa shape index (κ2) is 13.1. The van der Waals surface area contributed by atoms with Crippen molar-refractivity contribution < 1.29 is 32.6 Å². The molecule has 1 aromatic carbocycles. The van der Waals surface area contributed by atoms with Crippen LogP contribution in [-0.2, 0) is 40.8 Å². The third kappa shape index (κ3) is 9.01. The van der Waals surface area contributed by atoms with Crippen LogP contribution in [0.5, 0.6) is 0 Å². The van der Waals surface area contributed by atoms with Crippen LogP contribution in [0, 0.1) is 11.3 Å². The molecule has 10 heteroatoms. The zero-order valence-corrected chi connectivity index (χ0v) is 22.5. The molecular formula is C25H40N2O7S. The van der Waals surface area contributed by atoms with E-state index >= 15 is 0 Å². The van der Waals surface area contributed by atoms with Gasteiger partial charge in [-0.05, 0) is 37.8 Å². The number of carbonyl (C=O) groups is 3. The van der Waals surface area contributed by atoms with E-state index in [1.165, 1.54) is 0 Å². The predicted molar refractivity (Wildman–Crippen MR) is 134 cm³/mol. The first-order valence-corrected chi connectivity index (χ1v) is 13.6. The molecule has 0 aliphatic heterocycles. The van der Waals surface area contributed by atoms with Crippen molar-refractivity contribution in [1.29, 1.82) is 0 Å². The van der Waals surface area contributed by atoms with E-state index in [-0.39, 0.29) is 42.2 Å². The maximum atomic E-state index is 13.1. The molecule has 0 saturated carbocycles. The summed E-state index contributed by atoms with van der Waals surface area (Å²) in [5.74, 6) is -2.05. The number of amides is 1. The van der Waals surface area contributed by atoms with Gasteiger partial charge in [-0.25, -0.2) is 13.8 Å². The highest BCUT2D eigenvalue weighted by Crippen LogP contribution is 2.33. The highest BCUT2D eigenvalue weighted by Gasteiger charge is 2.39. The molecule has 1 rings (SSSR count). The number of benzene rings is 1. The number of hydrazine groups is 1.